The number of methoxy groups -OCH3 is 2. The molecule has 128 valence electrons. The molecule has 0 radical (unpaired) electrons. The zero-order valence-electron chi connectivity index (χ0n) is 14.0. The highest BCUT2D eigenvalue weighted by atomic mass is 16.5. The lowest BCUT2D eigenvalue weighted by atomic mass is 10.0. The van der Waals surface area contributed by atoms with Crippen LogP contribution in [0.1, 0.15) is 17.3 Å². The Labute approximate surface area is 143 Å². The van der Waals surface area contributed by atoms with E-state index in [1.165, 1.54) is 26.2 Å². The van der Waals surface area contributed by atoms with Crippen molar-refractivity contribution in [3.05, 3.63) is 52.2 Å². The van der Waals surface area contributed by atoms with Gasteiger partial charge in [0.05, 0.1) is 19.6 Å². The Morgan fingerprint density at radius 1 is 1.08 bits per heavy atom. The number of benzene rings is 2. The summed E-state index contributed by atoms with van der Waals surface area (Å²) in [6.07, 6.45) is 0. The van der Waals surface area contributed by atoms with Gasteiger partial charge in [-0.05, 0) is 37.3 Å². The van der Waals surface area contributed by atoms with Gasteiger partial charge in [-0.1, -0.05) is 0 Å². The van der Waals surface area contributed by atoms with Crippen LogP contribution in [0, 0.1) is 0 Å². The number of rotatable bonds is 4. The molecule has 0 saturated carbocycles. The third-order valence-electron chi connectivity index (χ3n) is 3.88. The molecule has 0 aliphatic carbocycles. The highest BCUT2D eigenvalue weighted by molar-refractivity contribution is 6.08. The first-order chi connectivity index (χ1) is 12.0. The molecule has 0 aliphatic heterocycles. The molecular formula is C19H16O6. The predicted octanol–water partition coefficient (Wildman–Crippen LogP) is 3.39. The molecule has 0 aliphatic rings. The summed E-state index contributed by atoms with van der Waals surface area (Å²) >= 11 is 0. The first-order valence-electron chi connectivity index (χ1n) is 7.49. The maximum absolute atomic E-state index is 12.5. The van der Waals surface area contributed by atoms with Crippen molar-refractivity contribution in [1.82, 2.24) is 0 Å². The van der Waals surface area contributed by atoms with E-state index in [0.29, 0.717) is 17.1 Å². The lowest BCUT2D eigenvalue weighted by Gasteiger charge is -2.12. The minimum absolute atomic E-state index is 0.0185. The Balaban J connectivity index is 2.33. The average Bonchev–Trinajstić information content (AvgIpc) is 2.61. The number of carbonyl (C=O) groups excluding carboxylic acids is 1. The number of hydrogen-bond donors (Lipinski definition) is 1. The monoisotopic (exact) mass is 340 g/mol. The molecule has 6 nitrogen and oxygen atoms in total. The molecule has 0 fully saturated rings. The van der Waals surface area contributed by atoms with E-state index in [2.05, 4.69) is 0 Å². The minimum atomic E-state index is -0.382. The van der Waals surface area contributed by atoms with Crippen molar-refractivity contribution in [2.75, 3.05) is 14.2 Å². The van der Waals surface area contributed by atoms with Crippen LogP contribution in [0.15, 0.2) is 45.6 Å². The second-order valence-electron chi connectivity index (χ2n) is 5.44. The SMILES string of the molecule is COc1ccc(-c2cc(=O)c3cc(O)c(OC)c(C(C)=O)c3o2)cc1. The highest BCUT2D eigenvalue weighted by Crippen LogP contribution is 2.37. The van der Waals surface area contributed by atoms with E-state index in [0.717, 1.165) is 0 Å². The predicted molar refractivity (Wildman–Crippen MR) is 92.7 cm³/mol. The van der Waals surface area contributed by atoms with Gasteiger partial charge in [0.25, 0.3) is 0 Å². The summed E-state index contributed by atoms with van der Waals surface area (Å²) in [6, 6.07) is 9.53. The molecule has 2 aromatic carbocycles. The summed E-state index contributed by atoms with van der Waals surface area (Å²) in [4.78, 5) is 24.5. The van der Waals surface area contributed by atoms with Crippen LogP contribution in [0.5, 0.6) is 17.2 Å². The van der Waals surface area contributed by atoms with Crippen LogP contribution in [-0.2, 0) is 0 Å². The summed E-state index contributed by atoms with van der Waals surface area (Å²) in [5.74, 6) is 0.283. The third kappa shape index (κ3) is 2.82. The van der Waals surface area contributed by atoms with E-state index in [1.54, 1.807) is 31.4 Å². The maximum atomic E-state index is 12.5. The fourth-order valence-electron chi connectivity index (χ4n) is 2.68. The fourth-order valence-corrected chi connectivity index (χ4v) is 2.68. The molecule has 1 aromatic heterocycles. The topological polar surface area (TPSA) is 86.0 Å². The van der Waals surface area contributed by atoms with E-state index in [1.807, 2.05) is 0 Å². The van der Waals surface area contributed by atoms with Crippen LogP contribution in [-0.4, -0.2) is 25.1 Å². The Hall–Kier alpha value is -3.28. The average molecular weight is 340 g/mol. The first-order valence-corrected chi connectivity index (χ1v) is 7.49. The second kappa shape index (κ2) is 6.32. The maximum Gasteiger partial charge on any atom is 0.193 e. The number of carbonyl (C=O) groups is 1. The number of ketones is 1. The summed E-state index contributed by atoms with van der Waals surface area (Å²) in [7, 11) is 2.89. The molecule has 3 aromatic rings. The molecule has 0 unspecified atom stereocenters. The Bertz CT molecular complexity index is 1010. The Morgan fingerprint density at radius 3 is 2.32 bits per heavy atom. The van der Waals surface area contributed by atoms with E-state index >= 15 is 0 Å². The summed E-state index contributed by atoms with van der Waals surface area (Å²) in [5, 5.41) is 10.1. The number of phenolic OH excluding ortho intramolecular Hbond substituents is 1. The number of phenols is 1. The standard InChI is InChI=1S/C19H16O6/c1-10(20)17-18-13(8-15(22)19(17)24-3)14(21)9-16(25-18)11-4-6-12(23-2)7-5-11/h4-9,22H,1-3H3. The number of aromatic hydroxyl groups is 1. The summed E-state index contributed by atoms with van der Waals surface area (Å²) in [6.45, 7) is 1.32. The van der Waals surface area contributed by atoms with Crippen molar-refractivity contribution in [3.8, 4) is 28.6 Å². The van der Waals surface area contributed by atoms with Crippen molar-refractivity contribution < 1.29 is 23.8 Å². The molecule has 6 heteroatoms. The van der Waals surface area contributed by atoms with Crippen molar-refractivity contribution in [3.63, 3.8) is 0 Å². The highest BCUT2D eigenvalue weighted by Gasteiger charge is 2.22. The number of ether oxygens (including phenoxy) is 2. The van der Waals surface area contributed by atoms with Crippen molar-refractivity contribution in [1.29, 1.82) is 0 Å². The number of fused-ring (bicyclic) bond motifs is 1. The van der Waals surface area contributed by atoms with Gasteiger partial charge in [0.2, 0.25) is 0 Å². The van der Waals surface area contributed by atoms with Crippen molar-refractivity contribution in [2.45, 2.75) is 6.92 Å². The zero-order chi connectivity index (χ0) is 18.1. The van der Waals surface area contributed by atoms with Gasteiger partial charge in [0.15, 0.2) is 28.3 Å². The van der Waals surface area contributed by atoms with Gasteiger partial charge in [-0.3, -0.25) is 9.59 Å². The third-order valence-corrected chi connectivity index (χ3v) is 3.88. The molecule has 1 N–H and O–H groups in total. The van der Waals surface area contributed by atoms with E-state index in [4.69, 9.17) is 13.9 Å². The molecular weight excluding hydrogens is 324 g/mol. The van der Waals surface area contributed by atoms with Crippen LogP contribution in [0.4, 0.5) is 0 Å². The van der Waals surface area contributed by atoms with Crippen LogP contribution in [0.2, 0.25) is 0 Å². The van der Waals surface area contributed by atoms with Gasteiger partial charge in [-0.2, -0.15) is 0 Å². The Morgan fingerprint density at radius 2 is 1.76 bits per heavy atom. The van der Waals surface area contributed by atoms with E-state index < -0.39 is 0 Å². The van der Waals surface area contributed by atoms with E-state index in [9.17, 15) is 14.7 Å². The molecule has 0 spiro atoms. The van der Waals surface area contributed by atoms with Crippen molar-refractivity contribution in [2.24, 2.45) is 0 Å². The van der Waals surface area contributed by atoms with Gasteiger partial charge in [-0.15, -0.1) is 0 Å². The fraction of sp³-hybridized carbons (Fsp3) is 0.158. The van der Waals surface area contributed by atoms with Gasteiger partial charge < -0.3 is 19.0 Å². The van der Waals surface area contributed by atoms with Gasteiger partial charge in [-0.25, -0.2) is 0 Å². The molecule has 0 saturated heterocycles. The summed E-state index contributed by atoms with van der Waals surface area (Å²) in [5.41, 5.74) is 0.402. The van der Waals surface area contributed by atoms with Crippen LogP contribution in [0.25, 0.3) is 22.3 Å². The first kappa shape index (κ1) is 16.6. The van der Waals surface area contributed by atoms with E-state index in [-0.39, 0.29) is 39.2 Å². The van der Waals surface area contributed by atoms with Crippen molar-refractivity contribution >= 4 is 16.8 Å². The molecule has 0 bridgehead atoms. The molecule has 0 amide bonds. The molecule has 0 atom stereocenters. The number of hydrogen-bond acceptors (Lipinski definition) is 6. The molecule has 3 rings (SSSR count). The molecule has 1 heterocycles. The minimum Gasteiger partial charge on any atom is -0.504 e. The van der Waals surface area contributed by atoms with Crippen LogP contribution in [0.3, 0.4) is 0 Å². The van der Waals surface area contributed by atoms with Crippen LogP contribution >= 0.6 is 0 Å². The van der Waals surface area contributed by atoms with Gasteiger partial charge >= 0.3 is 0 Å². The van der Waals surface area contributed by atoms with Gasteiger partial charge in [0.1, 0.15) is 17.1 Å². The van der Waals surface area contributed by atoms with Gasteiger partial charge in [0, 0.05) is 11.6 Å². The largest absolute Gasteiger partial charge is 0.504 e. The zero-order valence-corrected chi connectivity index (χ0v) is 14.0. The lowest BCUT2D eigenvalue weighted by molar-refractivity contribution is 0.101. The lowest BCUT2D eigenvalue weighted by Crippen LogP contribution is -2.06. The smallest absolute Gasteiger partial charge is 0.193 e. The van der Waals surface area contributed by atoms with Crippen LogP contribution < -0.4 is 14.9 Å². The normalized spacial score (nSPS) is 10.7. The Kier molecular flexibility index (Phi) is 4.19. The quantitative estimate of drug-likeness (QED) is 0.733. The second-order valence-corrected chi connectivity index (χ2v) is 5.44. The summed E-state index contributed by atoms with van der Waals surface area (Å²) < 4.78 is 16.1. The number of Topliss-reactive ketones (excluding diaryl/α,β-unsaturated/α-hetero) is 1. The molecule has 25 heavy (non-hydrogen) atoms.